The van der Waals surface area contributed by atoms with E-state index in [1.165, 1.54) is 13.8 Å². The number of hydrogen-bond acceptors (Lipinski definition) is 2. The van der Waals surface area contributed by atoms with Gasteiger partial charge in [0.1, 0.15) is 5.82 Å². The molecule has 0 saturated carbocycles. The van der Waals surface area contributed by atoms with Crippen LogP contribution in [0.25, 0.3) is 0 Å². The Morgan fingerprint density at radius 3 is 2.35 bits per heavy atom. The molecular formula is C12H13F3N2O3. The zero-order chi connectivity index (χ0) is 15.4. The predicted molar refractivity (Wildman–Crippen MR) is 64.7 cm³/mol. The summed E-state index contributed by atoms with van der Waals surface area (Å²) in [5.74, 6) is -5.89. The third-order valence-corrected chi connectivity index (χ3v) is 2.74. The minimum atomic E-state index is -1.44. The van der Waals surface area contributed by atoms with Gasteiger partial charge in [-0.1, -0.05) is 0 Å². The molecule has 2 amide bonds. The molecule has 0 aliphatic heterocycles. The molecule has 3 N–H and O–H groups in total. The van der Waals surface area contributed by atoms with Crippen molar-refractivity contribution in [3.05, 3.63) is 29.6 Å². The van der Waals surface area contributed by atoms with Crippen molar-refractivity contribution in [1.82, 2.24) is 5.32 Å². The molecule has 0 aliphatic rings. The molecule has 1 rings (SSSR count). The standard InChI is InChI=1S/C12H13F3N2O3/c1-5(11(18)19)6(2)16-12(20)17-9-4-7(13)3-8(14)10(9)15/h3-6H,1-2H3,(H,18,19)(H2,16,17,20). The van der Waals surface area contributed by atoms with E-state index in [0.29, 0.717) is 12.1 Å². The number of nitrogens with one attached hydrogen (secondary N) is 2. The molecule has 0 radical (unpaired) electrons. The molecule has 0 bridgehead atoms. The Hall–Kier alpha value is -2.25. The van der Waals surface area contributed by atoms with Crippen LogP contribution in [0.5, 0.6) is 0 Å². The second-order valence-corrected chi connectivity index (χ2v) is 4.26. The number of carboxylic acid groups (broad SMARTS) is 1. The van der Waals surface area contributed by atoms with E-state index in [0.717, 1.165) is 0 Å². The van der Waals surface area contributed by atoms with Crippen molar-refractivity contribution in [3.8, 4) is 0 Å². The van der Waals surface area contributed by atoms with Crippen LogP contribution in [0.4, 0.5) is 23.7 Å². The average molecular weight is 290 g/mol. The molecule has 0 saturated heterocycles. The minimum absolute atomic E-state index is 0.341. The molecular weight excluding hydrogens is 277 g/mol. The normalized spacial score (nSPS) is 13.4. The highest BCUT2D eigenvalue weighted by Crippen LogP contribution is 2.19. The summed E-state index contributed by atoms with van der Waals surface area (Å²) >= 11 is 0. The lowest BCUT2D eigenvalue weighted by Crippen LogP contribution is -2.42. The summed E-state index contributed by atoms with van der Waals surface area (Å²) in [6.07, 6.45) is 0. The Kier molecular flexibility index (Phi) is 4.95. The third kappa shape index (κ3) is 3.87. The SMILES string of the molecule is CC(NC(=O)Nc1cc(F)cc(F)c1F)C(C)C(=O)O. The average Bonchev–Trinajstić information content (AvgIpc) is 2.33. The maximum Gasteiger partial charge on any atom is 0.319 e. The third-order valence-electron chi connectivity index (χ3n) is 2.74. The lowest BCUT2D eigenvalue weighted by molar-refractivity contribution is -0.141. The van der Waals surface area contributed by atoms with E-state index in [1.54, 1.807) is 0 Å². The quantitative estimate of drug-likeness (QED) is 0.745. The van der Waals surface area contributed by atoms with Crippen molar-refractivity contribution in [2.45, 2.75) is 19.9 Å². The van der Waals surface area contributed by atoms with Gasteiger partial charge in [-0.25, -0.2) is 18.0 Å². The summed E-state index contributed by atoms with van der Waals surface area (Å²) in [6, 6.07) is -0.764. The zero-order valence-corrected chi connectivity index (χ0v) is 10.7. The highest BCUT2D eigenvalue weighted by molar-refractivity contribution is 5.90. The number of aliphatic carboxylic acids is 1. The second kappa shape index (κ2) is 6.27. The van der Waals surface area contributed by atoms with E-state index >= 15 is 0 Å². The number of hydrogen-bond donors (Lipinski definition) is 3. The summed E-state index contributed by atoms with van der Waals surface area (Å²) in [5.41, 5.74) is -0.671. The number of rotatable bonds is 4. The summed E-state index contributed by atoms with van der Waals surface area (Å²) in [7, 11) is 0. The van der Waals surface area contributed by atoms with E-state index in [4.69, 9.17) is 5.11 Å². The lowest BCUT2D eigenvalue weighted by atomic mass is 10.0. The van der Waals surface area contributed by atoms with Crippen LogP contribution in [0.3, 0.4) is 0 Å². The molecule has 8 heteroatoms. The van der Waals surface area contributed by atoms with E-state index in [1.807, 2.05) is 5.32 Å². The molecule has 2 unspecified atom stereocenters. The van der Waals surface area contributed by atoms with Gasteiger partial charge >= 0.3 is 12.0 Å². The first-order chi connectivity index (χ1) is 9.22. The first-order valence-electron chi connectivity index (χ1n) is 5.67. The van der Waals surface area contributed by atoms with Crippen molar-refractivity contribution in [2.24, 2.45) is 5.92 Å². The second-order valence-electron chi connectivity index (χ2n) is 4.26. The first kappa shape index (κ1) is 15.8. The fraction of sp³-hybridized carbons (Fsp3) is 0.333. The van der Waals surface area contributed by atoms with Crippen LogP contribution in [0.15, 0.2) is 12.1 Å². The van der Waals surface area contributed by atoms with Crippen molar-refractivity contribution in [2.75, 3.05) is 5.32 Å². The molecule has 1 aromatic rings. The molecule has 110 valence electrons. The summed E-state index contributed by atoms with van der Waals surface area (Å²) in [5, 5.41) is 12.9. The Morgan fingerprint density at radius 2 is 1.80 bits per heavy atom. The van der Waals surface area contributed by atoms with Crippen LogP contribution < -0.4 is 10.6 Å². The van der Waals surface area contributed by atoms with Crippen LogP contribution >= 0.6 is 0 Å². The van der Waals surface area contributed by atoms with E-state index in [9.17, 15) is 22.8 Å². The maximum atomic E-state index is 13.3. The molecule has 0 aromatic heterocycles. The molecule has 0 spiro atoms. The molecule has 0 aliphatic carbocycles. The van der Waals surface area contributed by atoms with Gasteiger partial charge in [0, 0.05) is 18.2 Å². The first-order valence-corrected chi connectivity index (χ1v) is 5.67. The van der Waals surface area contributed by atoms with Gasteiger partial charge in [0.15, 0.2) is 11.6 Å². The van der Waals surface area contributed by atoms with Crippen molar-refractivity contribution in [1.29, 1.82) is 0 Å². The Balaban J connectivity index is 2.75. The number of halogens is 3. The predicted octanol–water partition coefficient (Wildman–Crippen LogP) is 2.33. The van der Waals surface area contributed by atoms with Crippen LogP contribution in [0, 0.1) is 23.4 Å². The number of carbonyl (C=O) groups excluding carboxylic acids is 1. The van der Waals surface area contributed by atoms with Crippen LogP contribution in [-0.2, 0) is 4.79 Å². The Bertz CT molecular complexity index is 537. The molecule has 2 atom stereocenters. The highest BCUT2D eigenvalue weighted by Gasteiger charge is 2.21. The topological polar surface area (TPSA) is 78.4 Å². The Labute approximate surface area is 112 Å². The smallest absolute Gasteiger partial charge is 0.319 e. The minimum Gasteiger partial charge on any atom is -0.481 e. The van der Waals surface area contributed by atoms with Gasteiger partial charge < -0.3 is 15.7 Å². The monoisotopic (exact) mass is 290 g/mol. The largest absolute Gasteiger partial charge is 0.481 e. The van der Waals surface area contributed by atoms with Crippen molar-refractivity contribution >= 4 is 17.7 Å². The summed E-state index contributed by atoms with van der Waals surface area (Å²) in [4.78, 5) is 22.2. The zero-order valence-electron chi connectivity index (χ0n) is 10.7. The molecule has 0 heterocycles. The maximum absolute atomic E-state index is 13.3. The van der Waals surface area contributed by atoms with Crippen LogP contribution in [0.2, 0.25) is 0 Å². The van der Waals surface area contributed by atoms with Gasteiger partial charge in [-0.2, -0.15) is 0 Å². The number of anilines is 1. The van der Waals surface area contributed by atoms with Gasteiger partial charge in [0.25, 0.3) is 0 Å². The van der Waals surface area contributed by atoms with Gasteiger partial charge in [-0.3, -0.25) is 4.79 Å². The summed E-state index contributed by atoms with van der Waals surface area (Å²) in [6.45, 7) is 2.80. The van der Waals surface area contributed by atoms with E-state index in [2.05, 4.69) is 5.32 Å². The molecule has 20 heavy (non-hydrogen) atoms. The lowest BCUT2D eigenvalue weighted by Gasteiger charge is -2.18. The van der Waals surface area contributed by atoms with Crippen LogP contribution in [0.1, 0.15) is 13.8 Å². The molecule has 5 nitrogen and oxygen atoms in total. The number of benzene rings is 1. The van der Waals surface area contributed by atoms with E-state index < -0.39 is 47.1 Å². The summed E-state index contributed by atoms with van der Waals surface area (Å²) < 4.78 is 39.1. The van der Waals surface area contributed by atoms with Gasteiger partial charge in [0.2, 0.25) is 0 Å². The van der Waals surface area contributed by atoms with Crippen LogP contribution in [-0.4, -0.2) is 23.1 Å². The van der Waals surface area contributed by atoms with Gasteiger partial charge in [0.05, 0.1) is 11.6 Å². The highest BCUT2D eigenvalue weighted by atomic mass is 19.2. The van der Waals surface area contributed by atoms with Crippen molar-refractivity contribution < 1.29 is 27.9 Å². The molecule has 1 aromatic carbocycles. The molecule has 0 fully saturated rings. The van der Waals surface area contributed by atoms with Gasteiger partial charge in [-0.15, -0.1) is 0 Å². The fourth-order valence-electron chi connectivity index (χ4n) is 1.35. The Morgan fingerprint density at radius 1 is 1.20 bits per heavy atom. The fourth-order valence-corrected chi connectivity index (χ4v) is 1.35. The number of urea groups is 1. The number of carbonyl (C=O) groups is 2. The number of amides is 2. The van der Waals surface area contributed by atoms with E-state index in [-0.39, 0.29) is 0 Å². The van der Waals surface area contributed by atoms with Crippen molar-refractivity contribution in [3.63, 3.8) is 0 Å². The number of carboxylic acids is 1. The van der Waals surface area contributed by atoms with Gasteiger partial charge in [-0.05, 0) is 13.8 Å².